The summed E-state index contributed by atoms with van der Waals surface area (Å²) in [5.41, 5.74) is 3.87. The minimum absolute atomic E-state index is 0.261. The van der Waals surface area contributed by atoms with Crippen molar-refractivity contribution in [2.24, 2.45) is 0 Å². The van der Waals surface area contributed by atoms with E-state index in [1.807, 2.05) is 24.3 Å². The number of rotatable bonds is 5. The fourth-order valence-electron chi connectivity index (χ4n) is 2.89. The number of aliphatic hydroxyl groups is 1. The van der Waals surface area contributed by atoms with Gasteiger partial charge in [-0.25, -0.2) is 9.59 Å². The molecule has 8 heteroatoms. The molecule has 26 heavy (non-hydrogen) atoms. The standard InChI is InChI=1S/C18H20N2O6/c1-18(2)25-16(22)14(17(23)26-18)15(21)13(20-24-3)8-10-9-19-12-7-5-4-6-11(10)12/h4-7,9,13,19-21H,8H2,1-3H3. The number of hydrogen-bond donors (Lipinski definition) is 3. The Morgan fingerprint density at radius 2 is 1.92 bits per heavy atom. The summed E-state index contributed by atoms with van der Waals surface area (Å²) < 4.78 is 10.1. The molecule has 2 aromatic rings. The van der Waals surface area contributed by atoms with E-state index in [0.29, 0.717) is 0 Å². The summed E-state index contributed by atoms with van der Waals surface area (Å²) >= 11 is 0. The van der Waals surface area contributed by atoms with Crippen LogP contribution in [0, 0.1) is 0 Å². The van der Waals surface area contributed by atoms with Crippen LogP contribution in [0.5, 0.6) is 0 Å². The maximum atomic E-state index is 12.2. The van der Waals surface area contributed by atoms with Crippen molar-refractivity contribution in [3.8, 4) is 0 Å². The first-order chi connectivity index (χ1) is 12.3. The molecule has 1 unspecified atom stereocenters. The van der Waals surface area contributed by atoms with E-state index >= 15 is 0 Å². The first-order valence-electron chi connectivity index (χ1n) is 8.05. The number of carbonyl (C=O) groups excluding carboxylic acids is 2. The van der Waals surface area contributed by atoms with Gasteiger partial charge in [0.1, 0.15) is 5.76 Å². The van der Waals surface area contributed by atoms with Crippen LogP contribution in [0.25, 0.3) is 10.9 Å². The molecule has 1 aromatic heterocycles. The highest BCUT2D eigenvalue weighted by atomic mass is 16.7. The molecule has 1 aliphatic rings. The molecule has 3 rings (SSSR count). The van der Waals surface area contributed by atoms with Crippen molar-refractivity contribution in [1.82, 2.24) is 10.5 Å². The van der Waals surface area contributed by atoms with E-state index in [0.717, 1.165) is 16.5 Å². The summed E-state index contributed by atoms with van der Waals surface area (Å²) in [7, 11) is 1.38. The predicted octanol–water partition coefficient (Wildman–Crippen LogP) is 1.88. The molecule has 0 spiro atoms. The first-order valence-corrected chi connectivity index (χ1v) is 8.05. The lowest BCUT2D eigenvalue weighted by atomic mass is 10.0. The third-order valence-electron chi connectivity index (χ3n) is 4.03. The van der Waals surface area contributed by atoms with Gasteiger partial charge in [0.15, 0.2) is 5.57 Å². The van der Waals surface area contributed by atoms with Crippen LogP contribution < -0.4 is 5.48 Å². The molecule has 1 atom stereocenters. The van der Waals surface area contributed by atoms with Gasteiger partial charge in [-0.3, -0.25) is 0 Å². The second-order valence-electron chi connectivity index (χ2n) is 6.38. The lowest BCUT2D eigenvalue weighted by Gasteiger charge is -2.31. The smallest absolute Gasteiger partial charge is 0.352 e. The third-order valence-corrected chi connectivity index (χ3v) is 4.03. The molecular weight excluding hydrogens is 340 g/mol. The number of hydroxylamine groups is 1. The molecule has 0 aliphatic carbocycles. The molecular formula is C18H20N2O6. The lowest BCUT2D eigenvalue weighted by Crippen LogP contribution is -2.44. The SMILES string of the molecule is CONC(Cc1c[nH]c2ccccc12)C(O)=C1C(=O)OC(C)(C)OC1=O. The Morgan fingerprint density at radius 1 is 1.27 bits per heavy atom. The quantitative estimate of drug-likeness (QED) is 0.245. The number of aromatic nitrogens is 1. The highest BCUT2D eigenvalue weighted by Crippen LogP contribution is 2.27. The number of benzene rings is 1. The minimum atomic E-state index is -1.38. The Bertz CT molecular complexity index is 861. The van der Waals surface area contributed by atoms with Crippen LogP contribution in [0.4, 0.5) is 0 Å². The average molecular weight is 360 g/mol. The Balaban J connectivity index is 1.94. The van der Waals surface area contributed by atoms with Crippen LogP contribution in [-0.4, -0.2) is 41.0 Å². The fourth-order valence-corrected chi connectivity index (χ4v) is 2.89. The van der Waals surface area contributed by atoms with Crippen LogP contribution in [0.15, 0.2) is 41.8 Å². The number of H-pyrrole nitrogens is 1. The number of ether oxygens (including phenoxy) is 2. The van der Waals surface area contributed by atoms with Crippen LogP contribution in [0.1, 0.15) is 19.4 Å². The molecule has 1 aromatic carbocycles. The van der Waals surface area contributed by atoms with Crippen molar-refractivity contribution in [3.05, 3.63) is 47.4 Å². The molecule has 0 bridgehead atoms. The van der Waals surface area contributed by atoms with Crippen LogP contribution in [-0.2, 0) is 30.3 Å². The number of nitrogens with one attached hydrogen (secondary N) is 2. The molecule has 1 saturated heterocycles. The molecule has 0 radical (unpaired) electrons. The normalized spacial score (nSPS) is 17.7. The van der Waals surface area contributed by atoms with E-state index in [4.69, 9.17) is 14.3 Å². The maximum Gasteiger partial charge on any atom is 0.352 e. The van der Waals surface area contributed by atoms with Crippen molar-refractivity contribution in [2.45, 2.75) is 32.1 Å². The zero-order valence-electron chi connectivity index (χ0n) is 14.7. The van der Waals surface area contributed by atoms with E-state index in [1.54, 1.807) is 6.20 Å². The zero-order chi connectivity index (χ0) is 18.9. The fraction of sp³-hybridized carbons (Fsp3) is 0.333. The summed E-state index contributed by atoms with van der Waals surface area (Å²) in [4.78, 5) is 32.4. The monoisotopic (exact) mass is 360 g/mol. The molecule has 2 heterocycles. The third kappa shape index (κ3) is 3.42. The Hall–Kier alpha value is -2.84. The molecule has 138 valence electrons. The van der Waals surface area contributed by atoms with Gasteiger partial charge < -0.3 is 24.4 Å². The van der Waals surface area contributed by atoms with Gasteiger partial charge in [-0.15, -0.1) is 0 Å². The number of hydrogen-bond acceptors (Lipinski definition) is 7. The van der Waals surface area contributed by atoms with E-state index < -0.39 is 35.1 Å². The number of carbonyl (C=O) groups is 2. The van der Waals surface area contributed by atoms with Crippen molar-refractivity contribution in [1.29, 1.82) is 0 Å². The molecule has 0 saturated carbocycles. The van der Waals surface area contributed by atoms with E-state index in [-0.39, 0.29) is 6.42 Å². The Morgan fingerprint density at radius 3 is 2.58 bits per heavy atom. The van der Waals surface area contributed by atoms with Gasteiger partial charge in [0.2, 0.25) is 0 Å². The minimum Gasteiger partial charge on any atom is -0.509 e. The Labute approximate surface area is 149 Å². The molecule has 8 nitrogen and oxygen atoms in total. The van der Waals surface area contributed by atoms with Gasteiger partial charge in [-0.2, -0.15) is 5.48 Å². The van der Waals surface area contributed by atoms with Gasteiger partial charge in [0.25, 0.3) is 5.79 Å². The highest BCUT2D eigenvalue weighted by molar-refractivity contribution is 6.15. The first kappa shape index (κ1) is 18.0. The molecule has 0 amide bonds. The van der Waals surface area contributed by atoms with E-state index in [9.17, 15) is 14.7 Å². The second kappa shape index (κ2) is 6.81. The summed E-state index contributed by atoms with van der Waals surface area (Å²) in [6, 6.07) is 6.81. The molecule has 1 aliphatic heterocycles. The summed E-state index contributed by atoms with van der Waals surface area (Å²) in [5.74, 6) is -3.75. The van der Waals surface area contributed by atoms with E-state index in [2.05, 4.69) is 10.5 Å². The molecule has 1 fully saturated rings. The number of aliphatic hydroxyl groups excluding tert-OH is 1. The number of esters is 2. The number of cyclic esters (lactones) is 2. The summed E-state index contributed by atoms with van der Waals surface area (Å²) in [5, 5.41) is 11.5. The van der Waals surface area contributed by atoms with Gasteiger partial charge in [-0.05, 0) is 18.1 Å². The van der Waals surface area contributed by atoms with Crippen molar-refractivity contribution >= 4 is 22.8 Å². The van der Waals surface area contributed by atoms with E-state index in [1.165, 1.54) is 21.0 Å². The number of para-hydroxylation sites is 1. The van der Waals surface area contributed by atoms with Gasteiger partial charge >= 0.3 is 11.9 Å². The van der Waals surface area contributed by atoms with Crippen LogP contribution >= 0.6 is 0 Å². The summed E-state index contributed by atoms with van der Waals surface area (Å²) in [6.07, 6.45) is 2.06. The van der Waals surface area contributed by atoms with Crippen molar-refractivity contribution < 1.29 is 29.0 Å². The molecule has 3 N–H and O–H groups in total. The predicted molar refractivity (Wildman–Crippen MR) is 91.9 cm³/mol. The number of aromatic amines is 1. The average Bonchev–Trinajstić information content (AvgIpc) is 2.95. The van der Waals surface area contributed by atoms with Crippen LogP contribution in [0.3, 0.4) is 0 Å². The largest absolute Gasteiger partial charge is 0.509 e. The van der Waals surface area contributed by atoms with Gasteiger partial charge in [0.05, 0.1) is 13.2 Å². The van der Waals surface area contributed by atoms with Crippen molar-refractivity contribution in [3.63, 3.8) is 0 Å². The number of fused-ring (bicyclic) bond motifs is 1. The zero-order valence-corrected chi connectivity index (χ0v) is 14.7. The second-order valence-corrected chi connectivity index (χ2v) is 6.38. The topological polar surface area (TPSA) is 110 Å². The Kier molecular flexibility index (Phi) is 4.71. The van der Waals surface area contributed by atoms with Crippen molar-refractivity contribution in [2.75, 3.05) is 7.11 Å². The lowest BCUT2D eigenvalue weighted by molar-refractivity contribution is -0.222. The highest BCUT2D eigenvalue weighted by Gasteiger charge is 2.42. The van der Waals surface area contributed by atoms with Gasteiger partial charge in [-0.1, -0.05) is 18.2 Å². The summed E-state index contributed by atoms with van der Waals surface area (Å²) in [6.45, 7) is 2.88. The van der Waals surface area contributed by atoms with Gasteiger partial charge in [0, 0.05) is 30.9 Å². The maximum absolute atomic E-state index is 12.2. The van der Waals surface area contributed by atoms with Crippen LogP contribution in [0.2, 0.25) is 0 Å².